The van der Waals surface area contributed by atoms with Gasteiger partial charge in [0.25, 0.3) is 5.91 Å². The standard InChI is InChI=1S/C12H15N5O2/c1-3-13-11-7-14-10(6-15-11)12(18)16-5-9-4-8(2)19-17-9/h4,6-7H,3,5H2,1-2H3,(H,13,15)(H,16,18). The van der Waals surface area contributed by atoms with Gasteiger partial charge in [0.15, 0.2) is 0 Å². The summed E-state index contributed by atoms with van der Waals surface area (Å²) in [6.45, 7) is 4.81. The second kappa shape index (κ2) is 5.94. The van der Waals surface area contributed by atoms with Gasteiger partial charge in [-0.25, -0.2) is 9.97 Å². The molecule has 0 atom stereocenters. The molecule has 1 amide bonds. The fraction of sp³-hybridized carbons (Fsp3) is 0.333. The fourth-order valence-corrected chi connectivity index (χ4v) is 1.48. The van der Waals surface area contributed by atoms with Crippen molar-refractivity contribution in [1.29, 1.82) is 0 Å². The lowest BCUT2D eigenvalue weighted by molar-refractivity contribution is 0.0944. The first-order chi connectivity index (χ1) is 9.19. The zero-order valence-electron chi connectivity index (χ0n) is 10.8. The summed E-state index contributed by atoms with van der Waals surface area (Å²) in [6.07, 6.45) is 2.96. The lowest BCUT2D eigenvalue weighted by Crippen LogP contribution is -2.24. The Morgan fingerprint density at radius 2 is 2.21 bits per heavy atom. The first-order valence-corrected chi connectivity index (χ1v) is 5.95. The molecule has 2 heterocycles. The third-order valence-corrected chi connectivity index (χ3v) is 2.35. The van der Waals surface area contributed by atoms with Crippen molar-refractivity contribution in [2.24, 2.45) is 0 Å². The Morgan fingerprint density at radius 1 is 1.37 bits per heavy atom. The summed E-state index contributed by atoms with van der Waals surface area (Å²) in [7, 11) is 0. The van der Waals surface area contributed by atoms with Crippen LogP contribution in [0, 0.1) is 6.92 Å². The minimum Gasteiger partial charge on any atom is -0.369 e. The molecule has 2 rings (SSSR count). The Balaban J connectivity index is 1.92. The molecule has 19 heavy (non-hydrogen) atoms. The molecule has 0 radical (unpaired) electrons. The van der Waals surface area contributed by atoms with Crippen molar-refractivity contribution in [3.8, 4) is 0 Å². The number of aromatic nitrogens is 3. The van der Waals surface area contributed by atoms with Gasteiger partial charge in [-0.1, -0.05) is 5.16 Å². The predicted octanol–water partition coefficient (Wildman–Crippen LogP) is 1.13. The van der Waals surface area contributed by atoms with Crippen molar-refractivity contribution in [3.05, 3.63) is 35.6 Å². The third-order valence-electron chi connectivity index (χ3n) is 2.35. The van der Waals surface area contributed by atoms with E-state index in [0.29, 0.717) is 23.8 Å². The summed E-state index contributed by atoms with van der Waals surface area (Å²) in [5, 5.41) is 9.49. The second-order valence-corrected chi connectivity index (χ2v) is 3.93. The third kappa shape index (κ3) is 3.51. The van der Waals surface area contributed by atoms with Gasteiger partial charge < -0.3 is 15.2 Å². The lowest BCUT2D eigenvalue weighted by Gasteiger charge is -2.04. The van der Waals surface area contributed by atoms with Gasteiger partial charge in [0.1, 0.15) is 23.0 Å². The van der Waals surface area contributed by atoms with Crippen LogP contribution in [0.5, 0.6) is 0 Å². The monoisotopic (exact) mass is 261 g/mol. The van der Waals surface area contributed by atoms with E-state index in [2.05, 4.69) is 25.8 Å². The van der Waals surface area contributed by atoms with E-state index in [-0.39, 0.29) is 11.6 Å². The number of nitrogens with zero attached hydrogens (tertiary/aromatic N) is 3. The summed E-state index contributed by atoms with van der Waals surface area (Å²) in [4.78, 5) is 19.9. The number of amides is 1. The van der Waals surface area contributed by atoms with E-state index in [1.54, 1.807) is 13.0 Å². The molecule has 2 aromatic heterocycles. The molecule has 0 saturated heterocycles. The maximum absolute atomic E-state index is 11.8. The van der Waals surface area contributed by atoms with Gasteiger partial charge in [-0.05, 0) is 13.8 Å². The molecule has 0 aliphatic heterocycles. The van der Waals surface area contributed by atoms with E-state index >= 15 is 0 Å². The number of hydrogen-bond acceptors (Lipinski definition) is 6. The van der Waals surface area contributed by atoms with E-state index in [4.69, 9.17) is 4.52 Å². The number of rotatable bonds is 5. The van der Waals surface area contributed by atoms with E-state index < -0.39 is 0 Å². The maximum Gasteiger partial charge on any atom is 0.271 e. The SMILES string of the molecule is CCNc1cnc(C(=O)NCc2cc(C)on2)cn1. The molecule has 7 heteroatoms. The number of carbonyl (C=O) groups is 1. The van der Waals surface area contributed by atoms with Crippen LogP contribution >= 0.6 is 0 Å². The minimum atomic E-state index is -0.295. The average molecular weight is 261 g/mol. The van der Waals surface area contributed by atoms with Crippen LogP contribution in [0.3, 0.4) is 0 Å². The number of aryl methyl sites for hydroxylation is 1. The van der Waals surface area contributed by atoms with Gasteiger partial charge in [-0.15, -0.1) is 0 Å². The Labute approximate surface area is 110 Å². The molecule has 0 aliphatic rings. The quantitative estimate of drug-likeness (QED) is 0.838. The molecule has 0 aromatic carbocycles. The topological polar surface area (TPSA) is 92.9 Å². The van der Waals surface area contributed by atoms with Crippen molar-refractivity contribution in [1.82, 2.24) is 20.4 Å². The number of hydrogen-bond donors (Lipinski definition) is 2. The zero-order chi connectivity index (χ0) is 13.7. The van der Waals surface area contributed by atoms with Crippen LogP contribution < -0.4 is 10.6 Å². The minimum absolute atomic E-state index is 0.266. The highest BCUT2D eigenvalue weighted by Gasteiger charge is 2.09. The van der Waals surface area contributed by atoms with Crippen LogP contribution in [0.4, 0.5) is 5.82 Å². The van der Waals surface area contributed by atoms with Crippen molar-refractivity contribution >= 4 is 11.7 Å². The van der Waals surface area contributed by atoms with Crippen LogP contribution in [0.15, 0.2) is 23.0 Å². The first kappa shape index (κ1) is 13.0. The van der Waals surface area contributed by atoms with Crippen LogP contribution in [0.2, 0.25) is 0 Å². The summed E-state index contributed by atoms with van der Waals surface area (Å²) in [5.74, 6) is 1.06. The van der Waals surface area contributed by atoms with Crippen molar-refractivity contribution in [2.75, 3.05) is 11.9 Å². The molecular formula is C12H15N5O2. The summed E-state index contributed by atoms with van der Waals surface area (Å²) < 4.78 is 4.91. The second-order valence-electron chi connectivity index (χ2n) is 3.93. The van der Waals surface area contributed by atoms with E-state index in [9.17, 15) is 4.79 Å². The average Bonchev–Trinajstić information content (AvgIpc) is 2.83. The van der Waals surface area contributed by atoms with E-state index in [1.807, 2.05) is 6.92 Å². The molecule has 2 N–H and O–H groups in total. The van der Waals surface area contributed by atoms with Gasteiger partial charge in [0, 0.05) is 12.6 Å². The molecular weight excluding hydrogens is 246 g/mol. The highest BCUT2D eigenvalue weighted by molar-refractivity contribution is 5.91. The van der Waals surface area contributed by atoms with Crippen LogP contribution in [-0.2, 0) is 6.54 Å². The number of anilines is 1. The molecule has 2 aromatic rings. The molecule has 7 nitrogen and oxygen atoms in total. The van der Waals surface area contributed by atoms with Crippen molar-refractivity contribution in [3.63, 3.8) is 0 Å². The Morgan fingerprint density at radius 3 is 2.79 bits per heavy atom. The largest absolute Gasteiger partial charge is 0.369 e. The lowest BCUT2D eigenvalue weighted by atomic mass is 10.3. The summed E-state index contributed by atoms with van der Waals surface area (Å²) >= 11 is 0. The highest BCUT2D eigenvalue weighted by Crippen LogP contribution is 2.03. The van der Waals surface area contributed by atoms with Gasteiger partial charge in [0.2, 0.25) is 0 Å². The molecule has 0 aliphatic carbocycles. The zero-order valence-corrected chi connectivity index (χ0v) is 10.8. The van der Waals surface area contributed by atoms with Crippen molar-refractivity contribution < 1.29 is 9.32 Å². The molecule has 0 unspecified atom stereocenters. The molecule has 0 bridgehead atoms. The smallest absolute Gasteiger partial charge is 0.271 e. The molecule has 0 fully saturated rings. The first-order valence-electron chi connectivity index (χ1n) is 5.95. The van der Waals surface area contributed by atoms with Crippen molar-refractivity contribution in [2.45, 2.75) is 20.4 Å². The van der Waals surface area contributed by atoms with E-state index in [1.165, 1.54) is 12.4 Å². The molecule has 0 saturated carbocycles. The Kier molecular flexibility index (Phi) is 4.07. The Bertz CT molecular complexity index is 550. The van der Waals surface area contributed by atoms with Crippen LogP contribution in [-0.4, -0.2) is 27.6 Å². The van der Waals surface area contributed by atoms with Crippen LogP contribution in [0.25, 0.3) is 0 Å². The van der Waals surface area contributed by atoms with Gasteiger partial charge in [-0.3, -0.25) is 4.79 Å². The maximum atomic E-state index is 11.8. The summed E-state index contributed by atoms with van der Waals surface area (Å²) in [6, 6.07) is 1.76. The Hall–Kier alpha value is -2.44. The van der Waals surface area contributed by atoms with Gasteiger partial charge >= 0.3 is 0 Å². The van der Waals surface area contributed by atoms with E-state index in [0.717, 1.165) is 6.54 Å². The van der Waals surface area contributed by atoms with Crippen LogP contribution in [0.1, 0.15) is 28.9 Å². The number of carbonyl (C=O) groups excluding carboxylic acids is 1. The van der Waals surface area contributed by atoms with Gasteiger partial charge in [-0.2, -0.15) is 0 Å². The van der Waals surface area contributed by atoms with Gasteiger partial charge in [0.05, 0.1) is 18.9 Å². The molecule has 100 valence electrons. The highest BCUT2D eigenvalue weighted by atomic mass is 16.5. The fourth-order valence-electron chi connectivity index (χ4n) is 1.48. The normalized spacial score (nSPS) is 10.2. The predicted molar refractivity (Wildman–Crippen MR) is 68.6 cm³/mol. The summed E-state index contributed by atoms with van der Waals surface area (Å²) in [5.41, 5.74) is 0.935. The number of nitrogens with one attached hydrogen (secondary N) is 2. The molecule has 0 spiro atoms.